The smallest absolute Gasteiger partial charge is 0.228 e. The number of likely N-dealkylation sites (N-methyl/N-ethyl adjacent to an activating group) is 1. The van der Waals surface area contributed by atoms with Gasteiger partial charge >= 0.3 is 0 Å². The second-order valence-corrected chi connectivity index (χ2v) is 3.14. The van der Waals surface area contributed by atoms with Crippen molar-refractivity contribution >= 4 is 0 Å². The van der Waals surface area contributed by atoms with E-state index in [4.69, 9.17) is 9.26 Å². The molecule has 5 heteroatoms. The van der Waals surface area contributed by atoms with Crippen LogP contribution in [0.2, 0.25) is 0 Å². The van der Waals surface area contributed by atoms with Crippen LogP contribution in [-0.4, -0.2) is 30.3 Å². The van der Waals surface area contributed by atoms with Crippen molar-refractivity contribution < 1.29 is 9.26 Å². The maximum absolute atomic E-state index is 5.07. The third-order valence-electron chi connectivity index (χ3n) is 2.11. The van der Waals surface area contributed by atoms with Crippen LogP contribution in [0.4, 0.5) is 0 Å². The van der Waals surface area contributed by atoms with Gasteiger partial charge in [0.2, 0.25) is 5.89 Å². The summed E-state index contributed by atoms with van der Waals surface area (Å²) in [6.45, 7) is 2.52. The van der Waals surface area contributed by atoms with Gasteiger partial charge in [-0.05, 0) is 13.5 Å². The van der Waals surface area contributed by atoms with Gasteiger partial charge in [-0.3, -0.25) is 0 Å². The highest BCUT2D eigenvalue weighted by atomic mass is 16.5. The Hall–Kier alpha value is -0.940. The number of methoxy groups -OCH3 is 1. The Morgan fingerprint density at radius 1 is 1.57 bits per heavy atom. The average Bonchev–Trinajstić information content (AvgIpc) is 2.63. The molecule has 0 spiro atoms. The van der Waals surface area contributed by atoms with Gasteiger partial charge in [0.1, 0.15) is 6.61 Å². The van der Waals surface area contributed by atoms with Gasteiger partial charge in [0, 0.05) is 19.6 Å². The van der Waals surface area contributed by atoms with Gasteiger partial charge in [0.25, 0.3) is 0 Å². The molecule has 1 unspecified atom stereocenters. The highest BCUT2D eigenvalue weighted by Crippen LogP contribution is 2.04. The molecule has 0 aliphatic carbocycles. The summed E-state index contributed by atoms with van der Waals surface area (Å²) < 4.78 is 9.97. The SMILES string of the molecule is CCC(Cc1nc(COC)no1)NC. The number of hydrogen-bond acceptors (Lipinski definition) is 5. The number of aromatic nitrogens is 2. The van der Waals surface area contributed by atoms with E-state index >= 15 is 0 Å². The molecule has 0 saturated heterocycles. The lowest BCUT2D eigenvalue weighted by Gasteiger charge is -2.09. The van der Waals surface area contributed by atoms with E-state index in [0.717, 1.165) is 12.8 Å². The second kappa shape index (κ2) is 5.72. The molecule has 1 N–H and O–H groups in total. The summed E-state index contributed by atoms with van der Waals surface area (Å²) in [4.78, 5) is 4.19. The van der Waals surface area contributed by atoms with Gasteiger partial charge in [-0.25, -0.2) is 0 Å². The Labute approximate surface area is 83.8 Å². The Kier molecular flexibility index (Phi) is 4.55. The predicted molar refractivity (Wildman–Crippen MR) is 51.9 cm³/mol. The van der Waals surface area contributed by atoms with Crippen molar-refractivity contribution in [1.82, 2.24) is 15.5 Å². The lowest BCUT2D eigenvalue weighted by molar-refractivity contribution is 0.174. The van der Waals surface area contributed by atoms with Crippen molar-refractivity contribution in [1.29, 1.82) is 0 Å². The van der Waals surface area contributed by atoms with E-state index in [2.05, 4.69) is 22.4 Å². The first kappa shape index (κ1) is 11.1. The van der Waals surface area contributed by atoms with Crippen LogP contribution in [-0.2, 0) is 17.8 Å². The summed E-state index contributed by atoms with van der Waals surface area (Å²) in [5.41, 5.74) is 0. The van der Waals surface area contributed by atoms with E-state index in [9.17, 15) is 0 Å². The fourth-order valence-corrected chi connectivity index (χ4v) is 1.22. The molecule has 0 aliphatic rings. The quantitative estimate of drug-likeness (QED) is 0.732. The third-order valence-corrected chi connectivity index (χ3v) is 2.11. The molecule has 0 saturated carbocycles. The zero-order valence-corrected chi connectivity index (χ0v) is 8.91. The maximum Gasteiger partial charge on any atom is 0.228 e. The molecule has 14 heavy (non-hydrogen) atoms. The Morgan fingerprint density at radius 2 is 2.36 bits per heavy atom. The first-order chi connectivity index (χ1) is 6.80. The molecule has 0 aliphatic heterocycles. The third kappa shape index (κ3) is 3.08. The number of nitrogens with zero attached hydrogens (tertiary/aromatic N) is 2. The van der Waals surface area contributed by atoms with Crippen molar-refractivity contribution in [2.24, 2.45) is 0 Å². The Morgan fingerprint density at radius 3 is 2.93 bits per heavy atom. The highest BCUT2D eigenvalue weighted by molar-refractivity contribution is 4.87. The lowest BCUT2D eigenvalue weighted by Crippen LogP contribution is -2.26. The number of nitrogens with one attached hydrogen (secondary N) is 1. The van der Waals surface area contributed by atoms with Gasteiger partial charge in [-0.1, -0.05) is 12.1 Å². The fraction of sp³-hybridized carbons (Fsp3) is 0.778. The monoisotopic (exact) mass is 199 g/mol. The largest absolute Gasteiger partial charge is 0.377 e. The fourth-order valence-electron chi connectivity index (χ4n) is 1.22. The minimum absolute atomic E-state index is 0.394. The molecule has 1 heterocycles. The van der Waals surface area contributed by atoms with Crippen molar-refractivity contribution in [2.75, 3.05) is 14.2 Å². The van der Waals surface area contributed by atoms with Crippen LogP contribution in [0.1, 0.15) is 25.1 Å². The molecule has 5 nitrogen and oxygen atoms in total. The van der Waals surface area contributed by atoms with Crippen molar-refractivity contribution in [3.8, 4) is 0 Å². The minimum Gasteiger partial charge on any atom is -0.377 e. The Balaban J connectivity index is 2.49. The lowest BCUT2D eigenvalue weighted by atomic mass is 10.1. The van der Waals surface area contributed by atoms with E-state index in [1.807, 2.05) is 7.05 Å². The molecule has 0 aromatic carbocycles. The van der Waals surface area contributed by atoms with E-state index in [0.29, 0.717) is 24.4 Å². The first-order valence-electron chi connectivity index (χ1n) is 4.77. The summed E-state index contributed by atoms with van der Waals surface area (Å²) in [6, 6.07) is 0.394. The standard InChI is InChI=1S/C9H17N3O2/c1-4-7(10-2)5-9-11-8(6-13-3)12-14-9/h7,10H,4-6H2,1-3H3. The van der Waals surface area contributed by atoms with Crippen molar-refractivity contribution in [3.05, 3.63) is 11.7 Å². The summed E-state index contributed by atoms with van der Waals surface area (Å²) in [5, 5.41) is 6.97. The molecule has 0 fully saturated rings. The molecule has 0 amide bonds. The van der Waals surface area contributed by atoms with Crippen LogP contribution in [0.5, 0.6) is 0 Å². The van der Waals surface area contributed by atoms with Gasteiger partial charge in [-0.2, -0.15) is 4.98 Å². The van der Waals surface area contributed by atoms with Crippen LogP contribution >= 0.6 is 0 Å². The molecule has 1 aromatic rings. The molecular formula is C9H17N3O2. The summed E-state index contributed by atoms with van der Waals surface area (Å²) in [6.07, 6.45) is 1.81. The molecular weight excluding hydrogens is 182 g/mol. The van der Waals surface area contributed by atoms with Gasteiger partial charge < -0.3 is 14.6 Å². The summed E-state index contributed by atoms with van der Waals surface area (Å²) >= 11 is 0. The zero-order chi connectivity index (χ0) is 10.4. The van der Waals surface area contributed by atoms with Gasteiger partial charge in [-0.15, -0.1) is 0 Å². The molecule has 0 radical (unpaired) electrons. The van der Waals surface area contributed by atoms with E-state index in [-0.39, 0.29) is 0 Å². The van der Waals surface area contributed by atoms with Crippen LogP contribution < -0.4 is 5.32 Å². The summed E-state index contributed by atoms with van der Waals surface area (Å²) in [5.74, 6) is 1.27. The van der Waals surface area contributed by atoms with Crippen LogP contribution in [0.3, 0.4) is 0 Å². The van der Waals surface area contributed by atoms with Crippen LogP contribution in [0.15, 0.2) is 4.52 Å². The van der Waals surface area contributed by atoms with Crippen LogP contribution in [0, 0.1) is 0 Å². The van der Waals surface area contributed by atoms with Crippen molar-refractivity contribution in [2.45, 2.75) is 32.4 Å². The maximum atomic E-state index is 5.07. The van der Waals surface area contributed by atoms with E-state index in [1.54, 1.807) is 7.11 Å². The van der Waals surface area contributed by atoms with E-state index < -0.39 is 0 Å². The second-order valence-electron chi connectivity index (χ2n) is 3.14. The number of rotatable bonds is 6. The van der Waals surface area contributed by atoms with Crippen LogP contribution in [0.25, 0.3) is 0 Å². The molecule has 1 atom stereocenters. The van der Waals surface area contributed by atoms with Gasteiger partial charge in [0.05, 0.1) is 0 Å². The molecule has 80 valence electrons. The zero-order valence-electron chi connectivity index (χ0n) is 8.91. The molecule has 1 rings (SSSR count). The Bertz CT molecular complexity index is 258. The molecule has 0 bridgehead atoms. The molecule has 1 aromatic heterocycles. The first-order valence-corrected chi connectivity index (χ1v) is 4.77. The highest BCUT2D eigenvalue weighted by Gasteiger charge is 2.11. The predicted octanol–water partition coefficient (Wildman–Crippen LogP) is 0.756. The topological polar surface area (TPSA) is 60.2 Å². The van der Waals surface area contributed by atoms with E-state index in [1.165, 1.54) is 0 Å². The summed E-state index contributed by atoms with van der Waals surface area (Å²) in [7, 11) is 3.54. The van der Waals surface area contributed by atoms with Crippen molar-refractivity contribution in [3.63, 3.8) is 0 Å². The average molecular weight is 199 g/mol. The number of ether oxygens (including phenoxy) is 1. The normalized spacial score (nSPS) is 13.1. The minimum atomic E-state index is 0.394. The van der Waals surface area contributed by atoms with Gasteiger partial charge in [0.15, 0.2) is 5.82 Å². The number of hydrogen-bond donors (Lipinski definition) is 1.